The molecule has 3 nitrogen and oxygen atoms in total. The zero-order valence-electron chi connectivity index (χ0n) is 12.3. The topological polar surface area (TPSA) is 34.0 Å². The molecule has 3 rings (SSSR count). The molecule has 0 aliphatic rings. The van der Waals surface area contributed by atoms with Crippen molar-refractivity contribution in [2.75, 3.05) is 6.54 Å². The molecule has 2 heterocycles. The Bertz CT molecular complexity index is 792. The summed E-state index contributed by atoms with van der Waals surface area (Å²) in [5, 5.41) is 5.75. The van der Waals surface area contributed by atoms with Crippen molar-refractivity contribution in [3.63, 3.8) is 0 Å². The number of hydrogen-bond acceptors (Lipinski definition) is 2. The maximum atomic E-state index is 13.4. The van der Waals surface area contributed by atoms with E-state index in [-0.39, 0.29) is 11.7 Å². The molecule has 0 saturated carbocycles. The maximum Gasteiger partial charge on any atom is 0.261 e. The Balaban J connectivity index is 1.60. The minimum Gasteiger partial charge on any atom is -0.351 e. The summed E-state index contributed by atoms with van der Waals surface area (Å²) in [6, 6.07) is 8.53. The lowest BCUT2D eigenvalue weighted by atomic mass is 10.1. The first kappa shape index (κ1) is 14.8. The molecule has 0 bridgehead atoms. The fourth-order valence-corrected chi connectivity index (χ4v) is 3.26. The number of aryl methyl sites for hydroxylation is 2. The summed E-state index contributed by atoms with van der Waals surface area (Å²) in [5.41, 5.74) is 2.14. The van der Waals surface area contributed by atoms with E-state index in [0.29, 0.717) is 6.54 Å². The number of carbonyl (C=O) groups excluding carboxylic acids is 1. The lowest BCUT2D eigenvalue weighted by molar-refractivity contribution is 0.0957. The van der Waals surface area contributed by atoms with E-state index in [2.05, 4.69) is 5.32 Å². The molecule has 0 spiro atoms. The van der Waals surface area contributed by atoms with Crippen LogP contribution in [0.3, 0.4) is 0 Å². The van der Waals surface area contributed by atoms with Gasteiger partial charge in [0.05, 0.1) is 4.88 Å². The third kappa shape index (κ3) is 3.04. The van der Waals surface area contributed by atoms with Crippen LogP contribution in [0.1, 0.15) is 21.7 Å². The van der Waals surface area contributed by atoms with Crippen LogP contribution in [0.15, 0.2) is 41.9 Å². The first-order chi connectivity index (χ1) is 10.6. The lowest BCUT2D eigenvalue weighted by Gasteiger charge is -2.03. The SMILES string of the molecule is Cn1cc(CCCNC(=O)c2cccs2)c2cc(F)ccc21. The Morgan fingerprint density at radius 3 is 3.00 bits per heavy atom. The van der Waals surface area contributed by atoms with Gasteiger partial charge in [-0.2, -0.15) is 0 Å². The number of halogens is 1. The van der Waals surface area contributed by atoms with Crippen LogP contribution in [0, 0.1) is 5.82 Å². The molecule has 1 aromatic carbocycles. The average Bonchev–Trinajstić information content (AvgIpc) is 3.12. The molecule has 5 heteroatoms. The molecule has 0 fully saturated rings. The normalized spacial score (nSPS) is 11.0. The van der Waals surface area contributed by atoms with Gasteiger partial charge in [-0.05, 0) is 48.1 Å². The number of aromatic nitrogens is 1. The number of fused-ring (bicyclic) bond motifs is 1. The van der Waals surface area contributed by atoms with Crippen LogP contribution >= 0.6 is 11.3 Å². The summed E-state index contributed by atoms with van der Waals surface area (Å²) in [5.74, 6) is -0.245. The van der Waals surface area contributed by atoms with Crippen LogP contribution in [0.2, 0.25) is 0 Å². The molecule has 1 N–H and O–H groups in total. The minimum atomic E-state index is -0.217. The molecule has 0 unspecified atom stereocenters. The standard InChI is InChI=1S/C17H17FN2OS/c1-20-11-12(14-10-13(18)6-7-15(14)20)4-2-8-19-17(21)16-5-3-9-22-16/h3,5-7,9-11H,2,4,8H2,1H3,(H,19,21). The zero-order chi connectivity index (χ0) is 15.5. The molecule has 114 valence electrons. The second kappa shape index (κ2) is 6.32. The van der Waals surface area contributed by atoms with Crippen LogP contribution in [-0.4, -0.2) is 17.0 Å². The zero-order valence-corrected chi connectivity index (χ0v) is 13.1. The molecule has 1 amide bonds. The Labute approximate surface area is 132 Å². The van der Waals surface area contributed by atoms with Crippen molar-refractivity contribution < 1.29 is 9.18 Å². The van der Waals surface area contributed by atoms with E-state index in [4.69, 9.17) is 0 Å². The van der Waals surface area contributed by atoms with E-state index in [1.165, 1.54) is 17.4 Å². The molecule has 0 saturated heterocycles. The van der Waals surface area contributed by atoms with Crippen molar-refractivity contribution in [3.8, 4) is 0 Å². The van der Waals surface area contributed by atoms with E-state index in [0.717, 1.165) is 34.2 Å². The Kier molecular flexibility index (Phi) is 4.24. The van der Waals surface area contributed by atoms with Gasteiger partial charge in [-0.3, -0.25) is 4.79 Å². The van der Waals surface area contributed by atoms with Gasteiger partial charge in [0, 0.05) is 30.7 Å². The largest absolute Gasteiger partial charge is 0.351 e. The molecule has 2 aromatic heterocycles. The van der Waals surface area contributed by atoms with Crippen LogP contribution in [0.4, 0.5) is 4.39 Å². The number of benzene rings is 1. The number of nitrogens with zero attached hydrogens (tertiary/aromatic N) is 1. The Morgan fingerprint density at radius 1 is 1.36 bits per heavy atom. The van der Waals surface area contributed by atoms with Crippen LogP contribution < -0.4 is 5.32 Å². The quantitative estimate of drug-likeness (QED) is 0.715. The van der Waals surface area contributed by atoms with Crippen molar-refractivity contribution in [1.29, 1.82) is 0 Å². The van der Waals surface area contributed by atoms with Crippen molar-refractivity contribution in [2.45, 2.75) is 12.8 Å². The summed E-state index contributed by atoms with van der Waals surface area (Å²) in [6.45, 7) is 0.614. The summed E-state index contributed by atoms with van der Waals surface area (Å²) >= 11 is 1.44. The summed E-state index contributed by atoms with van der Waals surface area (Å²) in [7, 11) is 1.96. The molecule has 3 aromatic rings. The first-order valence-corrected chi connectivity index (χ1v) is 8.08. The monoisotopic (exact) mass is 316 g/mol. The number of rotatable bonds is 5. The molecular weight excluding hydrogens is 299 g/mol. The summed E-state index contributed by atoms with van der Waals surface area (Å²) in [4.78, 5) is 12.6. The predicted molar refractivity (Wildman–Crippen MR) is 87.9 cm³/mol. The minimum absolute atomic E-state index is 0.0287. The summed E-state index contributed by atoms with van der Waals surface area (Å²) in [6.07, 6.45) is 3.67. The number of nitrogens with one attached hydrogen (secondary N) is 1. The van der Waals surface area contributed by atoms with Gasteiger partial charge in [0.2, 0.25) is 0 Å². The van der Waals surface area contributed by atoms with E-state index in [1.807, 2.05) is 35.3 Å². The van der Waals surface area contributed by atoms with Gasteiger partial charge in [-0.25, -0.2) is 4.39 Å². The second-order valence-electron chi connectivity index (χ2n) is 5.26. The highest BCUT2D eigenvalue weighted by Crippen LogP contribution is 2.22. The highest BCUT2D eigenvalue weighted by atomic mass is 32.1. The number of thiophene rings is 1. The van der Waals surface area contributed by atoms with Gasteiger partial charge in [0.25, 0.3) is 5.91 Å². The van der Waals surface area contributed by atoms with E-state index < -0.39 is 0 Å². The third-order valence-electron chi connectivity index (χ3n) is 3.69. The van der Waals surface area contributed by atoms with Gasteiger partial charge < -0.3 is 9.88 Å². The molecule has 22 heavy (non-hydrogen) atoms. The number of amides is 1. The fraction of sp³-hybridized carbons (Fsp3) is 0.235. The van der Waals surface area contributed by atoms with Crippen molar-refractivity contribution in [3.05, 3.63) is 58.2 Å². The average molecular weight is 316 g/mol. The van der Waals surface area contributed by atoms with Crippen molar-refractivity contribution in [2.24, 2.45) is 7.05 Å². The maximum absolute atomic E-state index is 13.4. The predicted octanol–water partition coefficient (Wildman–Crippen LogP) is 3.74. The van der Waals surface area contributed by atoms with Gasteiger partial charge in [0.1, 0.15) is 5.82 Å². The third-order valence-corrected chi connectivity index (χ3v) is 4.56. The Morgan fingerprint density at radius 2 is 2.23 bits per heavy atom. The molecule has 0 radical (unpaired) electrons. The van der Waals surface area contributed by atoms with E-state index in [1.54, 1.807) is 12.1 Å². The van der Waals surface area contributed by atoms with Gasteiger partial charge in [-0.1, -0.05) is 6.07 Å². The summed E-state index contributed by atoms with van der Waals surface area (Å²) < 4.78 is 15.4. The van der Waals surface area contributed by atoms with Crippen LogP contribution in [0.5, 0.6) is 0 Å². The molecule has 0 atom stereocenters. The van der Waals surface area contributed by atoms with Crippen molar-refractivity contribution in [1.82, 2.24) is 9.88 Å². The van der Waals surface area contributed by atoms with Crippen LogP contribution in [0.25, 0.3) is 10.9 Å². The number of hydrogen-bond donors (Lipinski definition) is 1. The molecule has 0 aliphatic heterocycles. The number of carbonyl (C=O) groups is 1. The second-order valence-corrected chi connectivity index (χ2v) is 6.21. The Hall–Kier alpha value is -2.14. The van der Waals surface area contributed by atoms with Gasteiger partial charge in [-0.15, -0.1) is 11.3 Å². The molecule has 0 aliphatic carbocycles. The van der Waals surface area contributed by atoms with E-state index >= 15 is 0 Å². The fourth-order valence-electron chi connectivity index (χ4n) is 2.62. The first-order valence-electron chi connectivity index (χ1n) is 7.20. The van der Waals surface area contributed by atoms with Gasteiger partial charge >= 0.3 is 0 Å². The lowest BCUT2D eigenvalue weighted by Crippen LogP contribution is -2.23. The van der Waals surface area contributed by atoms with Crippen molar-refractivity contribution >= 4 is 28.1 Å². The van der Waals surface area contributed by atoms with Crippen LogP contribution in [-0.2, 0) is 13.5 Å². The van der Waals surface area contributed by atoms with Gasteiger partial charge in [0.15, 0.2) is 0 Å². The smallest absolute Gasteiger partial charge is 0.261 e. The highest BCUT2D eigenvalue weighted by molar-refractivity contribution is 7.12. The highest BCUT2D eigenvalue weighted by Gasteiger charge is 2.08. The molecular formula is C17H17FN2OS. The van der Waals surface area contributed by atoms with E-state index in [9.17, 15) is 9.18 Å².